The van der Waals surface area contributed by atoms with E-state index in [1.165, 1.54) is 6.42 Å². The first-order chi connectivity index (χ1) is 8.37. The monoisotopic (exact) mass is 250 g/mol. The number of aryl methyl sites for hydroxylation is 1. The van der Waals surface area contributed by atoms with Crippen LogP contribution in [0.3, 0.4) is 0 Å². The molecule has 1 fully saturated rings. The number of fused-ring (bicyclic) bond motifs is 3. The molecule has 98 valence electrons. The average Bonchev–Trinajstić information content (AvgIpc) is 2.75. The fourth-order valence-corrected chi connectivity index (χ4v) is 2.92. The van der Waals surface area contributed by atoms with E-state index in [2.05, 4.69) is 5.10 Å². The fourth-order valence-electron chi connectivity index (χ4n) is 2.92. The number of aromatic carboxylic acids is 1. The summed E-state index contributed by atoms with van der Waals surface area (Å²) in [6.07, 6.45) is 2.61. The number of carbonyl (C=O) groups is 1. The van der Waals surface area contributed by atoms with E-state index in [0.29, 0.717) is 24.8 Å². The Morgan fingerprint density at radius 1 is 1.56 bits per heavy atom. The lowest BCUT2D eigenvalue weighted by atomic mass is 10.1. The summed E-state index contributed by atoms with van der Waals surface area (Å²) in [5.41, 5.74) is 1.51. The Hall–Kier alpha value is -1.36. The van der Waals surface area contributed by atoms with Gasteiger partial charge in [-0.05, 0) is 39.0 Å². The van der Waals surface area contributed by atoms with Gasteiger partial charge in [0, 0.05) is 23.7 Å². The third-order valence-corrected chi connectivity index (χ3v) is 3.97. The van der Waals surface area contributed by atoms with Crippen molar-refractivity contribution >= 4 is 5.97 Å². The van der Waals surface area contributed by atoms with Crippen LogP contribution < -0.4 is 0 Å². The summed E-state index contributed by atoms with van der Waals surface area (Å²) in [5.74, 6) is 0.224. The van der Waals surface area contributed by atoms with Crippen molar-refractivity contribution in [2.45, 2.75) is 51.2 Å². The summed E-state index contributed by atoms with van der Waals surface area (Å²) < 4.78 is 1.81. The zero-order valence-corrected chi connectivity index (χ0v) is 10.7. The molecular formula is C13H18N2O3. The van der Waals surface area contributed by atoms with Crippen LogP contribution in [-0.2, 0) is 13.0 Å². The Morgan fingerprint density at radius 3 is 2.89 bits per heavy atom. The lowest BCUT2D eigenvalue weighted by Gasteiger charge is -2.17. The molecule has 0 amide bonds. The molecule has 1 aromatic rings. The van der Waals surface area contributed by atoms with Crippen LogP contribution in [0.4, 0.5) is 0 Å². The summed E-state index contributed by atoms with van der Waals surface area (Å²) in [7, 11) is 0. The zero-order valence-electron chi connectivity index (χ0n) is 10.7. The van der Waals surface area contributed by atoms with E-state index in [9.17, 15) is 9.90 Å². The number of carboxylic acid groups (broad SMARTS) is 1. The largest absolute Gasteiger partial charge is 0.476 e. The predicted molar refractivity (Wildman–Crippen MR) is 64.7 cm³/mol. The first kappa shape index (κ1) is 11.7. The molecule has 2 aliphatic carbocycles. The number of aliphatic hydroxyl groups is 1. The van der Waals surface area contributed by atoms with Gasteiger partial charge in [-0.2, -0.15) is 5.10 Å². The number of hydrogen-bond acceptors (Lipinski definition) is 3. The highest BCUT2D eigenvalue weighted by Crippen LogP contribution is 2.56. The van der Waals surface area contributed by atoms with Crippen molar-refractivity contribution in [2.75, 3.05) is 0 Å². The molecular weight excluding hydrogens is 232 g/mol. The van der Waals surface area contributed by atoms with E-state index >= 15 is 0 Å². The number of nitrogens with zero attached hydrogens (tertiary/aromatic N) is 2. The second-order valence-electron chi connectivity index (χ2n) is 6.11. The lowest BCUT2D eigenvalue weighted by molar-refractivity contribution is 0.0646. The SMILES string of the molecule is CC(C)(O)CCn1nc(C(=O)O)c2c1[C@@H]1C[C@@H]1C2. The zero-order chi connectivity index (χ0) is 13.1. The van der Waals surface area contributed by atoms with Gasteiger partial charge in [-0.25, -0.2) is 4.79 Å². The maximum absolute atomic E-state index is 11.2. The van der Waals surface area contributed by atoms with Crippen molar-refractivity contribution in [1.29, 1.82) is 0 Å². The molecule has 3 rings (SSSR count). The lowest BCUT2D eigenvalue weighted by Crippen LogP contribution is -2.22. The Balaban J connectivity index is 1.90. The average molecular weight is 250 g/mol. The Labute approximate surface area is 105 Å². The highest BCUT2D eigenvalue weighted by atomic mass is 16.4. The van der Waals surface area contributed by atoms with Gasteiger partial charge >= 0.3 is 5.97 Å². The van der Waals surface area contributed by atoms with E-state index in [0.717, 1.165) is 17.7 Å². The molecule has 2 N–H and O–H groups in total. The number of rotatable bonds is 4. The first-order valence-corrected chi connectivity index (χ1v) is 6.42. The van der Waals surface area contributed by atoms with Gasteiger partial charge in [0.05, 0.1) is 5.60 Å². The van der Waals surface area contributed by atoms with Gasteiger partial charge < -0.3 is 10.2 Å². The summed E-state index contributed by atoms with van der Waals surface area (Å²) in [4.78, 5) is 11.2. The molecule has 0 spiro atoms. The first-order valence-electron chi connectivity index (χ1n) is 6.42. The molecule has 5 nitrogen and oxygen atoms in total. The number of carboxylic acids is 1. The topological polar surface area (TPSA) is 75.3 Å². The van der Waals surface area contributed by atoms with Gasteiger partial charge in [0.2, 0.25) is 0 Å². The van der Waals surface area contributed by atoms with Crippen LogP contribution in [-0.4, -0.2) is 31.6 Å². The molecule has 0 radical (unpaired) electrons. The minimum Gasteiger partial charge on any atom is -0.476 e. The van der Waals surface area contributed by atoms with Gasteiger partial charge in [0.15, 0.2) is 5.69 Å². The van der Waals surface area contributed by atoms with Crippen molar-refractivity contribution in [3.63, 3.8) is 0 Å². The number of hydrogen-bond donors (Lipinski definition) is 2. The minimum absolute atomic E-state index is 0.216. The molecule has 5 heteroatoms. The Kier molecular flexibility index (Phi) is 2.32. The second kappa shape index (κ2) is 3.57. The summed E-state index contributed by atoms with van der Waals surface area (Å²) >= 11 is 0. The van der Waals surface area contributed by atoms with Gasteiger partial charge in [0.1, 0.15) is 0 Å². The Morgan fingerprint density at radius 2 is 2.28 bits per heavy atom. The molecule has 0 unspecified atom stereocenters. The quantitative estimate of drug-likeness (QED) is 0.847. The molecule has 2 atom stereocenters. The highest BCUT2D eigenvalue weighted by molar-refractivity contribution is 5.88. The molecule has 18 heavy (non-hydrogen) atoms. The molecule has 0 aromatic carbocycles. The van der Waals surface area contributed by atoms with Gasteiger partial charge in [-0.1, -0.05) is 0 Å². The number of aromatic nitrogens is 2. The third kappa shape index (κ3) is 1.82. The normalized spacial score (nSPS) is 24.8. The maximum Gasteiger partial charge on any atom is 0.356 e. The van der Waals surface area contributed by atoms with E-state index in [1.807, 2.05) is 4.68 Å². The summed E-state index contributed by atoms with van der Waals surface area (Å²) in [5, 5.41) is 23.1. The summed E-state index contributed by atoms with van der Waals surface area (Å²) in [6, 6.07) is 0. The molecule has 1 aromatic heterocycles. The molecule has 2 aliphatic rings. The smallest absolute Gasteiger partial charge is 0.356 e. The van der Waals surface area contributed by atoms with Crippen LogP contribution in [0.25, 0.3) is 0 Å². The molecule has 0 saturated heterocycles. The van der Waals surface area contributed by atoms with Crippen LogP contribution >= 0.6 is 0 Å². The van der Waals surface area contributed by atoms with Gasteiger partial charge in [-0.3, -0.25) is 4.68 Å². The molecule has 0 aliphatic heterocycles. The predicted octanol–water partition coefficient (Wildman–Crippen LogP) is 1.40. The van der Waals surface area contributed by atoms with Crippen LogP contribution in [0.1, 0.15) is 54.4 Å². The van der Waals surface area contributed by atoms with Gasteiger partial charge in [0.25, 0.3) is 0 Å². The van der Waals surface area contributed by atoms with Crippen LogP contribution in [0, 0.1) is 5.92 Å². The highest BCUT2D eigenvalue weighted by Gasteiger charge is 2.49. The van der Waals surface area contributed by atoms with E-state index in [-0.39, 0.29) is 5.69 Å². The van der Waals surface area contributed by atoms with E-state index < -0.39 is 11.6 Å². The van der Waals surface area contributed by atoms with Crippen LogP contribution in [0.15, 0.2) is 0 Å². The van der Waals surface area contributed by atoms with Crippen LogP contribution in [0.5, 0.6) is 0 Å². The molecule has 1 saturated carbocycles. The molecule has 1 heterocycles. The third-order valence-electron chi connectivity index (χ3n) is 3.97. The maximum atomic E-state index is 11.2. The summed E-state index contributed by atoms with van der Waals surface area (Å²) in [6.45, 7) is 4.10. The van der Waals surface area contributed by atoms with Crippen LogP contribution in [0.2, 0.25) is 0 Å². The van der Waals surface area contributed by atoms with E-state index in [1.54, 1.807) is 13.8 Å². The van der Waals surface area contributed by atoms with Crippen molar-refractivity contribution in [2.24, 2.45) is 5.92 Å². The Bertz CT molecular complexity index is 513. The van der Waals surface area contributed by atoms with E-state index in [4.69, 9.17) is 5.11 Å². The molecule has 0 bridgehead atoms. The minimum atomic E-state index is -0.936. The standard InChI is InChI=1S/C13H18N2O3/c1-13(2,18)3-4-15-11-8-5-7(8)6-9(11)10(14-15)12(16)17/h7-8,18H,3-6H2,1-2H3,(H,16,17)/t7-,8-/m1/s1. The fraction of sp³-hybridized carbons (Fsp3) is 0.692. The van der Waals surface area contributed by atoms with Crippen molar-refractivity contribution < 1.29 is 15.0 Å². The van der Waals surface area contributed by atoms with Crippen molar-refractivity contribution in [3.05, 3.63) is 17.0 Å². The second-order valence-corrected chi connectivity index (χ2v) is 6.11. The van der Waals surface area contributed by atoms with Gasteiger partial charge in [-0.15, -0.1) is 0 Å². The van der Waals surface area contributed by atoms with Crippen molar-refractivity contribution in [3.8, 4) is 0 Å². The van der Waals surface area contributed by atoms with Crippen molar-refractivity contribution in [1.82, 2.24) is 9.78 Å².